The van der Waals surface area contributed by atoms with Crippen molar-refractivity contribution in [2.24, 2.45) is 0 Å². The molecule has 0 saturated heterocycles. The molecule has 0 aliphatic rings. The van der Waals surface area contributed by atoms with E-state index in [9.17, 15) is 0 Å². The van der Waals surface area contributed by atoms with Gasteiger partial charge in [-0.05, 0) is 27.7 Å². The maximum atomic E-state index is 5.30. The van der Waals surface area contributed by atoms with Crippen molar-refractivity contribution < 1.29 is 14.2 Å². The van der Waals surface area contributed by atoms with E-state index in [4.69, 9.17) is 14.2 Å². The van der Waals surface area contributed by atoms with Crippen molar-refractivity contribution >= 4 is 10.2 Å². The number of hydrogen-bond donors (Lipinski definition) is 0. The zero-order valence-corrected chi connectivity index (χ0v) is 14.7. The fraction of sp³-hybridized carbons (Fsp3) is 0.467. The summed E-state index contributed by atoms with van der Waals surface area (Å²) in [4.78, 5) is 0. The van der Waals surface area contributed by atoms with E-state index < -0.39 is 0 Å². The van der Waals surface area contributed by atoms with Gasteiger partial charge in [-0.15, -0.1) is 0 Å². The maximum Gasteiger partial charge on any atom is 0.312 e. The van der Waals surface area contributed by atoms with Gasteiger partial charge in [-0.25, -0.2) is 0 Å². The molecule has 0 amide bonds. The van der Waals surface area contributed by atoms with E-state index in [0.717, 1.165) is 15.6 Å². The van der Waals surface area contributed by atoms with Gasteiger partial charge in [0.1, 0.15) is 5.38 Å². The number of benzene rings is 1. The van der Waals surface area contributed by atoms with Crippen LogP contribution in [-0.2, 0) is 14.2 Å². The highest BCUT2D eigenvalue weighted by atomic mass is 28.1. The highest BCUT2D eigenvalue weighted by Gasteiger charge is 2.03. The lowest BCUT2D eigenvalue weighted by Crippen LogP contribution is -2.05. The van der Waals surface area contributed by atoms with Gasteiger partial charge in [0.25, 0.3) is 0 Å². The highest BCUT2D eigenvalue weighted by molar-refractivity contribution is 6.20. The van der Waals surface area contributed by atoms with Crippen LogP contribution in [0.2, 0.25) is 0 Å². The van der Waals surface area contributed by atoms with Crippen LogP contribution >= 0.6 is 0 Å². The molecule has 3 nitrogen and oxygen atoms in total. The van der Waals surface area contributed by atoms with Crippen LogP contribution in [0.4, 0.5) is 0 Å². The summed E-state index contributed by atoms with van der Waals surface area (Å²) in [6.07, 6.45) is 0. The lowest BCUT2D eigenvalue weighted by atomic mass is 10.2. The van der Waals surface area contributed by atoms with Crippen LogP contribution in [-0.4, -0.2) is 30.1 Å². The summed E-state index contributed by atoms with van der Waals surface area (Å²) in [5.74, 6) is 0.563. The predicted octanol–water partition coefficient (Wildman–Crippen LogP) is 2.58. The second kappa shape index (κ2) is 11.7. The third-order valence-electron chi connectivity index (χ3n) is 2.14. The van der Waals surface area contributed by atoms with Gasteiger partial charge in [0.05, 0.1) is 30.1 Å². The summed E-state index contributed by atoms with van der Waals surface area (Å²) >= 11 is 0. The SMILES string of the molecule is CCOC([SiH3])=C(OCC)OCC.Cc1ccccc1. The Balaban J connectivity index is 0.000000388. The quantitative estimate of drug-likeness (QED) is 0.593. The molecule has 0 N–H and O–H groups in total. The number of ether oxygens (including phenoxy) is 3. The van der Waals surface area contributed by atoms with Crippen LogP contribution in [0, 0.1) is 6.92 Å². The first kappa shape index (κ1) is 17.6. The van der Waals surface area contributed by atoms with E-state index in [1.165, 1.54) is 5.56 Å². The summed E-state index contributed by atoms with van der Waals surface area (Å²) < 4.78 is 15.8. The first-order valence-electron chi connectivity index (χ1n) is 6.76. The monoisotopic (exact) mass is 282 g/mol. The van der Waals surface area contributed by atoms with Gasteiger partial charge in [-0.1, -0.05) is 35.9 Å². The molecule has 1 aromatic rings. The molecule has 0 heterocycles. The fourth-order valence-electron chi connectivity index (χ4n) is 1.32. The Bertz CT molecular complexity index is 342. The molecule has 1 rings (SSSR count). The van der Waals surface area contributed by atoms with E-state index in [0.29, 0.717) is 25.8 Å². The summed E-state index contributed by atoms with van der Waals surface area (Å²) in [5.41, 5.74) is 1.32. The van der Waals surface area contributed by atoms with Gasteiger partial charge in [0.2, 0.25) is 0 Å². The Kier molecular flexibility index (Phi) is 10.8. The Morgan fingerprint density at radius 1 is 0.895 bits per heavy atom. The smallest absolute Gasteiger partial charge is 0.312 e. The molecule has 4 heteroatoms. The Hall–Kier alpha value is -1.42. The van der Waals surface area contributed by atoms with Gasteiger partial charge >= 0.3 is 5.95 Å². The Labute approximate surface area is 120 Å². The maximum absolute atomic E-state index is 5.30. The van der Waals surface area contributed by atoms with Crippen molar-refractivity contribution in [2.75, 3.05) is 19.8 Å². The van der Waals surface area contributed by atoms with Crippen molar-refractivity contribution in [3.63, 3.8) is 0 Å². The van der Waals surface area contributed by atoms with Crippen molar-refractivity contribution in [3.8, 4) is 0 Å². The van der Waals surface area contributed by atoms with E-state index in [-0.39, 0.29) is 0 Å². The molecule has 0 unspecified atom stereocenters. The normalized spacial score (nSPS) is 9.05. The minimum atomic E-state index is 0.563. The number of hydrogen-bond acceptors (Lipinski definition) is 3. The van der Waals surface area contributed by atoms with E-state index >= 15 is 0 Å². The Morgan fingerprint density at radius 3 is 1.68 bits per heavy atom. The van der Waals surface area contributed by atoms with Crippen LogP contribution in [0.3, 0.4) is 0 Å². The van der Waals surface area contributed by atoms with Crippen LogP contribution < -0.4 is 0 Å². The zero-order chi connectivity index (χ0) is 14.5. The van der Waals surface area contributed by atoms with E-state index in [2.05, 4.69) is 19.1 Å². The average Bonchev–Trinajstić information content (AvgIpc) is 2.40. The third kappa shape index (κ3) is 9.19. The van der Waals surface area contributed by atoms with E-state index in [1.807, 2.05) is 39.0 Å². The molecule has 0 spiro atoms. The lowest BCUT2D eigenvalue weighted by molar-refractivity contribution is 0.0288. The summed E-state index contributed by atoms with van der Waals surface area (Å²) in [6, 6.07) is 10.3. The molecule has 19 heavy (non-hydrogen) atoms. The molecule has 0 aliphatic carbocycles. The predicted molar refractivity (Wildman–Crippen MR) is 83.0 cm³/mol. The molecule has 0 bridgehead atoms. The topological polar surface area (TPSA) is 27.7 Å². The minimum Gasteiger partial charge on any atom is -0.497 e. The summed E-state index contributed by atoms with van der Waals surface area (Å²) in [5, 5.41) is 0.848. The summed E-state index contributed by atoms with van der Waals surface area (Å²) in [7, 11) is 0.818. The summed E-state index contributed by atoms with van der Waals surface area (Å²) in [6.45, 7) is 9.80. The van der Waals surface area contributed by atoms with Crippen molar-refractivity contribution in [1.29, 1.82) is 0 Å². The minimum absolute atomic E-state index is 0.563. The molecular weight excluding hydrogens is 256 g/mol. The van der Waals surface area contributed by atoms with Crippen molar-refractivity contribution in [1.82, 2.24) is 0 Å². The Morgan fingerprint density at radius 2 is 1.37 bits per heavy atom. The standard InChI is InChI=1S/C8H18O3Si.C7H8/c1-4-9-7(10-5-2)8(12)11-6-3;1-7-5-3-2-4-6-7/h4-6H2,1-3,12H3;2-6H,1H3. The molecule has 0 atom stereocenters. The molecule has 0 radical (unpaired) electrons. The first-order valence-corrected chi connectivity index (χ1v) is 7.76. The van der Waals surface area contributed by atoms with Gasteiger partial charge in [-0.2, -0.15) is 0 Å². The lowest BCUT2D eigenvalue weighted by Gasteiger charge is -2.12. The van der Waals surface area contributed by atoms with Crippen molar-refractivity contribution in [3.05, 3.63) is 47.2 Å². The number of aryl methyl sites for hydroxylation is 1. The van der Waals surface area contributed by atoms with Gasteiger partial charge < -0.3 is 14.2 Å². The number of rotatable bonds is 6. The average molecular weight is 282 g/mol. The first-order chi connectivity index (χ1) is 9.15. The third-order valence-corrected chi connectivity index (χ3v) is 2.84. The molecule has 0 aromatic heterocycles. The largest absolute Gasteiger partial charge is 0.497 e. The van der Waals surface area contributed by atoms with E-state index in [1.54, 1.807) is 0 Å². The molecule has 0 saturated carbocycles. The second-order valence-electron chi connectivity index (χ2n) is 3.80. The van der Waals surface area contributed by atoms with Crippen molar-refractivity contribution in [2.45, 2.75) is 27.7 Å². The van der Waals surface area contributed by atoms with Crippen LogP contribution in [0.5, 0.6) is 0 Å². The van der Waals surface area contributed by atoms with Crippen LogP contribution in [0.25, 0.3) is 0 Å². The molecule has 0 fully saturated rings. The molecule has 0 aliphatic heterocycles. The van der Waals surface area contributed by atoms with Gasteiger partial charge in [0, 0.05) is 0 Å². The highest BCUT2D eigenvalue weighted by Crippen LogP contribution is 2.06. The molecule has 1 aromatic carbocycles. The fourth-order valence-corrected chi connectivity index (χ4v) is 1.89. The van der Waals surface area contributed by atoms with Gasteiger partial charge in [-0.3, -0.25) is 0 Å². The van der Waals surface area contributed by atoms with Crippen LogP contribution in [0.15, 0.2) is 41.7 Å². The van der Waals surface area contributed by atoms with Gasteiger partial charge in [0.15, 0.2) is 0 Å². The molecule has 108 valence electrons. The second-order valence-corrected chi connectivity index (χ2v) is 4.71. The molecular formula is C15H26O3Si. The van der Waals surface area contributed by atoms with Crippen LogP contribution in [0.1, 0.15) is 26.3 Å². The zero-order valence-electron chi connectivity index (χ0n) is 12.7.